The maximum absolute atomic E-state index is 13.2. The molecule has 2 N–H and O–H groups in total. The second-order valence-corrected chi connectivity index (χ2v) is 6.69. The molecule has 2 aliphatic heterocycles. The topological polar surface area (TPSA) is 77.6 Å². The lowest BCUT2D eigenvalue weighted by Crippen LogP contribution is -2.47. The van der Waals surface area contributed by atoms with Gasteiger partial charge in [-0.1, -0.05) is 23.7 Å². The number of hydrogen-bond donors (Lipinski definition) is 2. The lowest BCUT2D eigenvalue weighted by Gasteiger charge is -2.30. The lowest BCUT2D eigenvalue weighted by atomic mass is 10.1. The summed E-state index contributed by atoms with van der Waals surface area (Å²) in [6.45, 7) is 3.58. The van der Waals surface area contributed by atoms with Crippen molar-refractivity contribution in [3.05, 3.63) is 47.1 Å². The van der Waals surface area contributed by atoms with Gasteiger partial charge < -0.3 is 10.6 Å². The standard InChI is InChI=1S/C18H18ClN5O2/c19-12-9-14-17(21-10-12)24(16(25)11-23-7-5-20-6-8-23)15-4-2-1-3-13(15)18(26)22-14/h1-4,9-10,20H,5-8,11H2,(H,22,26). The maximum atomic E-state index is 13.2. The number of halogens is 1. The molecule has 2 aliphatic rings. The zero-order chi connectivity index (χ0) is 18.1. The van der Waals surface area contributed by atoms with Gasteiger partial charge in [-0.15, -0.1) is 0 Å². The number of hydrogen-bond acceptors (Lipinski definition) is 5. The third-order valence-corrected chi connectivity index (χ3v) is 4.71. The number of para-hydroxylation sites is 1. The molecule has 0 unspecified atom stereocenters. The van der Waals surface area contributed by atoms with Gasteiger partial charge in [-0.2, -0.15) is 0 Å². The average Bonchev–Trinajstić information content (AvgIpc) is 2.76. The maximum Gasteiger partial charge on any atom is 0.257 e. The van der Waals surface area contributed by atoms with E-state index in [0.717, 1.165) is 26.2 Å². The summed E-state index contributed by atoms with van der Waals surface area (Å²) in [5.41, 5.74) is 1.38. The number of piperazine rings is 1. The largest absolute Gasteiger partial charge is 0.319 e. The van der Waals surface area contributed by atoms with E-state index < -0.39 is 0 Å². The zero-order valence-electron chi connectivity index (χ0n) is 14.0. The molecule has 2 amide bonds. The van der Waals surface area contributed by atoms with E-state index in [1.165, 1.54) is 11.1 Å². The number of carbonyl (C=O) groups excluding carboxylic acids is 2. The minimum absolute atomic E-state index is 0.132. The van der Waals surface area contributed by atoms with Gasteiger partial charge in [0, 0.05) is 32.4 Å². The molecule has 7 nitrogen and oxygen atoms in total. The van der Waals surface area contributed by atoms with Crippen LogP contribution in [0.15, 0.2) is 36.5 Å². The Morgan fingerprint density at radius 3 is 2.81 bits per heavy atom. The van der Waals surface area contributed by atoms with Gasteiger partial charge in [-0.3, -0.25) is 19.4 Å². The fourth-order valence-corrected chi connectivity index (χ4v) is 3.41. The monoisotopic (exact) mass is 371 g/mol. The van der Waals surface area contributed by atoms with Gasteiger partial charge in [0.05, 0.1) is 28.5 Å². The van der Waals surface area contributed by atoms with Crippen LogP contribution in [-0.2, 0) is 4.79 Å². The highest BCUT2D eigenvalue weighted by molar-refractivity contribution is 6.31. The van der Waals surface area contributed by atoms with Crippen LogP contribution in [0.25, 0.3) is 0 Å². The summed E-state index contributed by atoms with van der Waals surface area (Å²) in [5, 5.41) is 6.47. The molecule has 0 saturated carbocycles. The van der Waals surface area contributed by atoms with E-state index in [2.05, 4.69) is 20.5 Å². The van der Waals surface area contributed by atoms with Crippen LogP contribution in [0.4, 0.5) is 17.2 Å². The fourth-order valence-electron chi connectivity index (χ4n) is 3.25. The number of carbonyl (C=O) groups is 2. The Bertz CT molecular complexity index is 866. The first kappa shape index (κ1) is 17.0. The van der Waals surface area contributed by atoms with Crippen molar-refractivity contribution in [3.63, 3.8) is 0 Å². The van der Waals surface area contributed by atoms with Crippen LogP contribution >= 0.6 is 11.6 Å². The Balaban J connectivity index is 1.77. The number of benzene rings is 1. The van der Waals surface area contributed by atoms with Gasteiger partial charge in [0.25, 0.3) is 5.91 Å². The van der Waals surface area contributed by atoms with E-state index in [0.29, 0.717) is 27.8 Å². The minimum Gasteiger partial charge on any atom is -0.319 e. The van der Waals surface area contributed by atoms with Crippen LogP contribution in [0.2, 0.25) is 5.02 Å². The van der Waals surface area contributed by atoms with E-state index in [1.807, 2.05) is 0 Å². The Morgan fingerprint density at radius 1 is 1.23 bits per heavy atom. The molecular formula is C18H18ClN5O2. The van der Waals surface area contributed by atoms with Crippen molar-refractivity contribution in [1.82, 2.24) is 15.2 Å². The van der Waals surface area contributed by atoms with E-state index in [-0.39, 0.29) is 18.4 Å². The molecule has 3 heterocycles. The van der Waals surface area contributed by atoms with Gasteiger partial charge in [-0.05, 0) is 18.2 Å². The Hall–Kier alpha value is -2.48. The minimum atomic E-state index is -0.289. The molecule has 0 spiro atoms. The fraction of sp³-hybridized carbons (Fsp3) is 0.278. The highest BCUT2D eigenvalue weighted by Crippen LogP contribution is 2.37. The van der Waals surface area contributed by atoms with Crippen molar-refractivity contribution < 1.29 is 9.59 Å². The van der Waals surface area contributed by atoms with Crippen LogP contribution in [-0.4, -0.2) is 54.4 Å². The molecule has 134 valence electrons. The molecule has 0 atom stereocenters. The first-order chi connectivity index (χ1) is 12.6. The number of rotatable bonds is 2. The van der Waals surface area contributed by atoms with Crippen molar-refractivity contribution in [1.29, 1.82) is 0 Å². The van der Waals surface area contributed by atoms with Gasteiger partial charge >= 0.3 is 0 Å². The van der Waals surface area contributed by atoms with Gasteiger partial charge in [0.2, 0.25) is 5.91 Å². The van der Waals surface area contributed by atoms with E-state index in [4.69, 9.17) is 11.6 Å². The van der Waals surface area contributed by atoms with E-state index in [1.54, 1.807) is 30.3 Å². The van der Waals surface area contributed by atoms with E-state index >= 15 is 0 Å². The normalized spacial score (nSPS) is 17.1. The van der Waals surface area contributed by atoms with Gasteiger partial charge in [0.1, 0.15) is 0 Å². The third kappa shape index (κ3) is 3.16. The summed E-state index contributed by atoms with van der Waals surface area (Å²) in [6.07, 6.45) is 1.48. The van der Waals surface area contributed by atoms with E-state index in [9.17, 15) is 9.59 Å². The van der Waals surface area contributed by atoms with Crippen molar-refractivity contribution in [2.45, 2.75) is 0 Å². The number of anilines is 3. The third-order valence-electron chi connectivity index (χ3n) is 4.50. The number of nitrogens with zero attached hydrogens (tertiary/aromatic N) is 3. The van der Waals surface area contributed by atoms with Gasteiger partial charge in [-0.25, -0.2) is 4.98 Å². The molecule has 0 aliphatic carbocycles. The molecule has 2 aromatic rings. The Labute approximate surface area is 155 Å². The molecule has 1 aromatic heterocycles. The SMILES string of the molecule is O=C1Nc2cc(Cl)cnc2N(C(=O)CN2CCNCC2)c2ccccc21. The van der Waals surface area contributed by atoms with Gasteiger partial charge in [0.15, 0.2) is 5.82 Å². The molecule has 1 saturated heterocycles. The summed E-state index contributed by atoms with van der Waals surface area (Å²) in [6, 6.07) is 8.64. The number of aromatic nitrogens is 1. The highest BCUT2D eigenvalue weighted by atomic mass is 35.5. The number of amides is 2. The summed E-state index contributed by atoms with van der Waals surface area (Å²) >= 11 is 6.04. The molecule has 0 bridgehead atoms. The first-order valence-corrected chi connectivity index (χ1v) is 8.83. The summed E-state index contributed by atoms with van der Waals surface area (Å²) in [5.74, 6) is -0.0388. The molecule has 1 fully saturated rings. The molecule has 8 heteroatoms. The van der Waals surface area contributed by atoms with Crippen molar-refractivity contribution in [3.8, 4) is 0 Å². The van der Waals surface area contributed by atoms with Crippen LogP contribution in [0.3, 0.4) is 0 Å². The zero-order valence-corrected chi connectivity index (χ0v) is 14.8. The van der Waals surface area contributed by atoms with Crippen LogP contribution in [0.5, 0.6) is 0 Å². The Kier molecular flexibility index (Phi) is 4.58. The lowest BCUT2D eigenvalue weighted by molar-refractivity contribution is -0.119. The molecule has 0 radical (unpaired) electrons. The molecule has 1 aromatic carbocycles. The highest BCUT2D eigenvalue weighted by Gasteiger charge is 2.31. The van der Waals surface area contributed by atoms with Crippen molar-refractivity contribution >= 4 is 40.6 Å². The summed E-state index contributed by atoms with van der Waals surface area (Å²) < 4.78 is 0. The second kappa shape index (κ2) is 7.03. The first-order valence-electron chi connectivity index (χ1n) is 8.45. The van der Waals surface area contributed by atoms with Crippen molar-refractivity contribution in [2.24, 2.45) is 0 Å². The quantitative estimate of drug-likeness (QED) is 0.842. The smallest absolute Gasteiger partial charge is 0.257 e. The predicted octanol–water partition coefficient (Wildman–Crippen LogP) is 1.87. The summed E-state index contributed by atoms with van der Waals surface area (Å²) in [7, 11) is 0. The predicted molar refractivity (Wildman–Crippen MR) is 100 cm³/mol. The molecule has 4 rings (SSSR count). The average molecular weight is 372 g/mol. The second-order valence-electron chi connectivity index (χ2n) is 6.25. The summed E-state index contributed by atoms with van der Waals surface area (Å²) in [4.78, 5) is 33.7. The van der Waals surface area contributed by atoms with Crippen LogP contribution in [0.1, 0.15) is 10.4 Å². The molecular weight excluding hydrogens is 354 g/mol. The number of fused-ring (bicyclic) bond motifs is 2. The molecule has 26 heavy (non-hydrogen) atoms. The van der Waals surface area contributed by atoms with Crippen molar-refractivity contribution in [2.75, 3.05) is 42.9 Å². The van der Waals surface area contributed by atoms with Crippen LogP contribution in [0, 0.1) is 0 Å². The van der Waals surface area contributed by atoms with Crippen LogP contribution < -0.4 is 15.5 Å². The Morgan fingerprint density at radius 2 is 2.00 bits per heavy atom. The number of pyridine rings is 1. The number of nitrogens with one attached hydrogen (secondary N) is 2.